The van der Waals surface area contributed by atoms with Crippen molar-refractivity contribution in [3.8, 4) is 0 Å². The molecule has 1 atom stereocenters. The largest absolute Gasteiger partial charge is 0.447 e. The molecule has 2 aromatic rings. The number of amidine groups is 1. The fraction of sp³-hybridized carbons (Fsp3) is 0.312. The van der Waals surface area contributed by atoms with E-state index in [1.54, 1.807) is 6.07 Å². The van der Waals surface area contributed by atoms with Gasteiger partial charge in [-0.2, -0.15) is 0 Å². The van der Waals surface area contributed by atoms with Crippen molar-refractivity contribution in [2.75, 3.05) is 11.1 Å². The molecule has 1 aromatic carbocycles. The number of nitrogens with two attached hydrogens (primary N) is 1. The van der Waals surface area contributed by atoms with Gasteiger partial charge in [-0.3, -0.25) is 9.79 Å². The summed E-state index contributed by atoms with van der Waals surface area (Å²) < 4.78 is 19.4. The minimum atomic E-state index is -0.764. The summed E-state index contributed by atoms with van der Waals surface area (Å²) in [6.45, 7) is 1.83. The summed E-state index contributed by atoms with van der Waals surface area (Å²) in [6, 6.07) is 4.35. The second kappa shape index (κ2) is 7.05. The van der Waals surface area contributed by atoms with Crippen LogP contribution in [0.5, 0.6) is 0 Å². The molecule has 0 fully saturated rings. The minimum Gasteiger partial charge on any atom is -0.447 e. The van der Waals surface area contributed by atoms with E-state index in [1.165, 1.54) is 30.2 Å². The Balaban J connectivity index is 1.86. The molecule has 6 nitrogen and oxygen atoms in total. The molecule has 9 heteroatoms. The lowest BCUT2D eigenvalue weighted by atomic mass is 9.89. The molecule has 132 valence electrons. The highest BCUT2D eigenvalue weighted by Gasteiger charge is 2.32. The van der Waals surface area contributed by atoms with Crippen LogP contribution in [0.15, 0.2) is 33.9 Å². The Labute approximate surface area is 153 Å². The third kappa shape index (κ3) is 3.80. The molecule has 3 rings (SSSR count). The van der Waals surface area contributed by atoms with Crippen LogP contribution < -0.4 is 11.1 Å². The van der Waals surface area contributed by atoms with E-state index in [2.05, 4.69) is 15.3 Å². The Morgan fingerprint density at radius 1 is 1.56 bits per heavy atom. The summed E-state index contributed by atoms with van der Waals surface area (Å²) in [5.74, 6) is 0.217. The van der Waals surface area contributed by atoms with Crippen molar-refractivity contribution in [3.63, 3.8) is 0 Å². The van der Waals surface area contributed by atoms with Gasteiger partial charge in [-0.25, -0.2) is 9.37 Å². The Hall–Kier alpha value is -2.06. The lowest BCUT2D eigenvalue weighted by Crippen LogP contribution is -2.29. The van der Waals surface area contributed by atoms with E-state index < -0.39 is 17.3 Å². The molecule has 0 saturated carbocycles. The van der Waals surface area contributed by atoms with Crippen LogP contribution in [0.2, 0.25) is 0 Å². The zero-order valence-electron chi connectivity index (χ0n) is 13.4. The second-order valence-corrected chi connectivity index (χ2v) is 7.11. The third-order valence-electron chi connectivity index (χ3n) is 3.90. The molecular formula is C16H16ClFN4O2S. The number of aromatic nitrogens is 1. The molecule has 0 saturated heterocycles. The first-order chi connectivity index (χ1) is 11.9. The number of anilines is 1. The maximum absolute atomic E-state index is 14.4. The fourth-order valence-corrected chi connectivity index (χ4v) is 3.67. The number of hydrogen-bond donors (Lipinski definition) is 2. The van der Waals surface area contributed by atoms with Crippen molar-refractivity contribution in [1.29, 1.82) is 0 Å². The van der Waals surface area contributed by atoms with E-state index in [1.807, 2.05) is 6.92 Å². The summed E-state index contributed by atoms with van der Waals surface area (Å²) in [5, 5.41) is 3.10. The summed E-state index contributed by atoms with van der Waals surface area (Å²) in [4.78, 5) is 20.6. The number of oxazole rings is 1. The number of halogens is 2. The molecule has 0 unspecified atom stereocenters. The quantitative estimate of drug-likeness (QED) is 0.789. The summed E-state index contributed by atoms with van der Waals surface area (Å²) in [5.41, 5.74) is 5.96. The maximum atomic E-state index is 14.4. The lowest BCUT2D eigenvalue weighted by molar-refractivity contribution is 0.102. The fourth-order valence-electron chi connectivity index (χ4n) is 2.57. The first-order valence-electron chi connectivity index (χ1n) is 7.51. The number of nitrogens with one attached hydrogen (secondary N) is 1. The van der Waals surface area contributed by atoms with Gasteiger partial charge >= 0.3 is 0 Å². The Bertz CT molecular complexity index is 841. The third-order valence-corrected chi connectivity index (χ3v) is 4.92. The van der Waals surface area contributed by atoms with Crippen molar-refractivity contribution in [3.05, 3.63) is 47.4 Å². The van der Waals surface area contributed by atoms with Gasteiger partial charge < -0.3 is 15.5 Å². The number of nitrogens with zero attached hydrogens (tertiary/aromatic N) is 2. The van der Waals surface area contributed by atoms with Crippen LogP contribution in [0.25, 0.3) is 0 Å². The van der Waals surface area contributed by atoms with Crippen LogP contribution in [0, 0.1) is 5.82 Å². The molecule has 0 aliphatic carbocycles. The first kappa shape index (κ1) is 17.8. The maximum Gasteiger partial charge on any atom is 0.277 e. The van der Waals surface area contributed by atoms with E-state index in [0.717, 1.165) is 5.75 Å². The van der Waals surface area contributed by atoms with Crippen molar-refractivity contribution in [2.24, 2.45) is 10.7 Å². The summed E-state index contributed by atoms with van der Waals surface area (Å²) in [7, 11) is 0. The number of amides is 1. The molecule has 1 aromatic heterocycles. The van der Waals surface area contributed by atoms with E-state index in [-0.39, 0.29) is 17.5 Å². The minimum absolute atomic E-state index is 0.0732. The zero-order chi connectivity index (χ0) is 18.0. The van der Waals surface area contributed by atoms with Crippen LogP contribution in [0.1, 0.15) is 35.3 Å². The number of thioether (sulfide) groups is 1. The van der Waals surface area contributed by atoms with Crippen LogP contribution >= 0.6 is 23.4 Å². The molecule has 0 spiro atoms. The smallest absolute Gasteiger partial charge is 0.277 e. The predicted octanol–water partition coefficient (Wildman–Crippen LogP) is 3.47. The van der Waals surface area contributed by atoms with E-state index >= 15 is 0 Å². The van der Waals surface area contributed by atoms with Crippen molar-refractivity contribution in [1.82, 2.24) is 4.98 Å². The summed E-state index contributed by atoms with van der Waals surface area (Å²) in [6.07, 6.45) is 1.87. The normalized spacial score (nSPS) is 20.2. The number of aliphatic imine (C=N–C) groups is 1. The molecule has 0 bridgehead atoms. The van der Waals surface area contributed by atoms with E-state index in [9.17, 15) is 9.18 Å². The van der Waals surface area contributed by atoms with Crippen molar-refractivity contribution >= 4 is 40.1 Å². The second-order valence-electron chi connectivity index (χ2n) is 5.73. The standard InChI is InChI=1S/C16H16ClFN4O2S/c1-16(4-5-25-15(19)22-16)10-6-9(2-3-11(10)18)20-14(23)12-8-24-13(7-17)21-12/h2-3,6,8H,4-5,7H2,1H3,(H2,19,22)(H,20,23)/t16-/m0/s1. The topological polar surface area (TPSA) is 93.5 Å². The number of carbonyl (C=O) groups is 1. The average molecular weight is 383 g/mol. The highest BCUT2D eigenvalue weighted by Crippen LogP contribution is 2.37. The monoisotopic (exact) mass is 382 g/mol. The van der Waals surface area contributed by atoms with Gasteiger partial charge in [0.15, 0.2) is 10.9 Å². The van der Waals surface area contributed by atoms with Gasteiger partial charge in [-0.05, 0) is 31.5 Å². The highest BCUT2D eigenvalue weighted by molar-refractivity contribution is 8.13. The van der Waals surface area contributed by atoms with E-state index in [0.29, 0.717) is 22.8 Å². The SMILES string of the molecule is C[C@@]1(c2cc(NC(=O)c3coc(CCl)n3)ccc2F)CCSC(N)=N1. The highest BCUT2D eigenvalue weighted by atomic mass is 35.5. The van der Waals surface area contributed by atoms with Gasteiger partial charge in [0.1, 0.15) is 12.1 Å². The Morgan fingerprint density at radius 2 is 2.36 bits per heavy atom. The van der Waals surface area contributed by atoms with Crippen LogP contribution in [0.4, 0.5) is 10.1 Å². The van der Waals surface area contributed by atoms with Gasteiger partial charge in [0.25, 0.3) is 5.91 Å². The van der Waals surface area contributed by atoms with Gasteiger partial charge in [0.05, 0.1) is 11.4 Å². The zero-order valence-corrected chi connectivity index (χ0v) is 15.0. The van der Waals surface area contributed by atoms with Crippen LogP contribution in [-0.4, -0.2) is 21.8 Å². The molecule has 3 N–H and O–H groups in total. The lowest BCUT2D eigenvalue weighted by Gasteiger charge is -2.30. The van der Waals surface area contributed by atoms with Crippen molar-refractivity contribution < 1.29 is 13.6 Å². The van der Waals surface area contributed by atoms with Crippen molar-refractivity contribution in [2.45, 2.75) is 24.8 Å². The predicted molar refractivity (Wildman–Crippen MR) is 96.5 cm³/mol. The molecular weight excluding hydrogens is 367 g/mol. The number of alkyl halides is 1. The van der Waals surface area contributed by atoms with Crippen LogP contribution in [0.3, 0.4) is 0 Å². The van der Waals surface area contributed by atoms with E-state index in [4.69, 9.17) is 21.8 Å². The Kier molecular flexibility index (Phi) is 5.01. The average Bonchev–Trinajstić information content (AvgIpc) is 3.05. The molecule has 0 radical (unpaired) electrons. The molecule has 1 aliphatic heterocycles. The number of rotatable bonds is 4. The number of benzene rings is 1. The van der Waals surface area contributed by atoms with Crippen LogP contribution in [-0.2, 0) is 11.4 Å². The molecule has 1 aliphatic rings. The van der Waals surface area contributed by atoms with Gasteiger partial charge in [0, 0.05) is 17.0 Å². The van der Waals surface area contributed by atoms with Gasteiger partial charge in [0.2, 0.25) is 5.89 Å². The Morgan fingerprint density at radius 3 is 3.04 bits per heavy atom. The summed E-state index contributed by atoms with van der Waals surface area (Å²) >= 11 is 7.05. The van der Waals surface area contributed by atoms with Gasteiger partial charge in [-0.1, -0.05) is 11.8 Å². The number of hydrogen-bond acceptors (Lipinski definition) is 6. The molecule has 2 heterocycles. The molecule has 25 heavy (non-hydrogen) atoms. The first-order valence-corrected chi connectivity index (χ1v) is 9.03. The number of carbonyl (C=O) groups excluding carboxylic acids is 1. The van der Waals surface area contributed by atoms with Gasteiger partial charge in [-0.15, -0.1) is 11.6 Å². The molecule has 1 amide bonds.